The highest BCUT2D eigenvalue weighted by Gasteiger charge is 2.74. The molecule has 1 aliphatic heterocycles. The van der Waals surface area contributed by atoms with E-state index in [9.17, 15) is 30.8 Å². The topological polar surface area (TPSA) is 108 Å². The van der Waals surface area contributed by atoms with Gasteiger partial charge in [0.2, 0.25) is 0 Å². The molecule has 1 heterocycles. The lowest BCUT2D eigenvalue weighted by molar-refractivity contribution is -0.210. The first-order valence-electron chi connectivity index (χ1n) is 12.4. The summed E-state index contributed by atoms with van der Waals surface area (Å²) in [6.07, 6.45) is -2.78. The average Bonchev–Trinajstić information content (AvgIpc) is 3.60. The van der Waals surface area contributed by atoms with Crippen molar-refractivity contribution in [3.63, 3.8) is 0 Å². The van der Waals surface area contributed by atoms with Gasteiger partial charge in [-0.25, -0.2) is 4.79 Å². The molecule has 1 saturated heterocycles. The van der Waals surface area contributed by atoms with Gasteiger partial charge in [-0.15, -0.1) is 0 Å². The molecule has 8 nitrogen and oxygen atoms in total. The van der Waals surface area contributed by atoms with Crippen LogP contribution in [-0.2, 0) is 24.4 Å². The fourth-order valence-electron chi connectivity index (χ4n) is 5.70. The van der Waals surface area contributed by atoms with Crippen LogP contribution in [0, 0.1) is 32.0 Å². The summed E-state index contributed by atoms with van der Waals surface area (Å²) in [4.78, 5) is 12.0. The standard InChI is InChI=1S/C26H20F4I4O8S/c1-9(2)23(35)40-22-17(33)7-12(8-18(22)34)39-21-15(31)5-11(6-16(21)32)24-41-19-10-3-13(20(19)42-24)14(4-10)25(27,28)26(29,30)43(36,37)38/h5-8,10,13-14,19-20,24H,1,3-4H2,2H3,(H,36,37,38). The first kappa shape index (κ1) is 34.3. The van der Waals surface area contributed by atoms with Crippen LogP contribution in [0.1, 0.15) is 31.6 Å². The Bertz CT molecular complexity index is 1580. The molecule has 1 N–H and O–H groups in total. The zero-order chi connectivity index (χ0) is 31.8. The number of alkyl halides is 4. The fraction of sp³-hybridized carbons (Fsp3) is 0.423. The number of benzene rings is 2. The summed E-state index contributed by atoms with van der Waals surface area (Å²) in [6, 6.07) is 6.90. The molecule has 2 bridgehead atoms. The summed E-state index contributed by atoms with van der Waals surface area (Å²) in [5.41, 5.74) is 0.826. The quantitative estimate of drug-likeness (QED) is 0.0710. The van der Waals surface area contributed by atoms with Gasteiger partial charge >= 0.3 is 27.3 Å². The maximum atomic E-state index is 14.8. The van der Waals surface area contributed by atoms with Crippen LogP contribution in [0.2, 0.25) is 0 Å². The summed E-state index contributed by atoms with van der Waals surface area (Å²) >= 11 is 8.21. The van der Waals surface area contributed by atoms with Gasteiger partial charge in [0, 0.05) is 17.1 Å². The van der Waals surface area contributed by atoms with Crippen LogP contribution in [0.15, 0.2) is 36.4 Å². The van der Waals surface area contributed by atoms with E-state index in [4.69, 9.17) is 23.5 Å². The van der Waals surface area contributed by atoms with E-state index in [1.165, 1.54) is 0 Å². The van der Waals surface area contributed by atoms with Gasteiger partial charge in [0.25, 0.3) is 0 Å². The van der Waals surface area contributed by atoms with Crippen molar-refractivity contribution in [2.24, 2.45) is 17.8 Å². The second-order valence-electron chi connectivity index (χ2n) is 10.5. The highest BCUT2D eigenvalue weighted by atomic mass is 127. The van der Waals surface area contributed by atoms with Crippen molar-refractivity contribution in [1.82, 2.24) is 0 Å². The Morgan fingerprint density at radius 2 is 1.49 bits per heavy atom. The second kappa shape index (κ2) is 12.2. The molecular formula is C26H20F4I4O8S. The molecule has 0 aromatic heterocycles. The van der Waals surface area contributed by atoms with Crippen molar-refractivity contribution in [2.75, 3.05) is 0 Å². The number of hydrogen-bond acceptors (Lipinski definition) is 7. The predicted octanol–water partition coefficient (Wildman–Crippen LogP) is 7.93. The second-order valence-corrected chi connectivity index (χ2v) is 16.6. The molecule has 5 rings (SSSR count). The summed E-state index contributed by atoms with van der Waals surface area (Å²) in [7, 11) is -6.33. The molecule has 0 spiro atoms. The normalized spacial score (nSPS) is 26.8. The molecule has 6 atom stereocenters. The van der Waals surface area contributed by atoms with Crippen LogP contribution >= 0.6 is 90.4 Å². The minimum Gasteiger partial charge on any atom is -0.455 e. The zero-order valence-corrected chi connectivity index (χ0v) is 31.1. The molecule has 0 radical (unpaired) electrons. The molecule has 2 aromatic rings. The van der Waals surface area contributed by atoms with E-state index in [0.29, 0.717) is 37.1 Å². The molecule has 0 amide bonds. The number of fused-ring (bicyclic) bond motifs is 5. The van der Waals surface area contributed by atoms with Crippen molar-refractivity contribution in [3.05, 3.63) is 56.3 Å². The van der Waals surface area contributed by atoms with Crippen molar-refractivity contribution >= 4 is 106 Å². The molecule has 234 valence electrons. The predicted molar refractivity (Wildman–Crippen MR) is 178 cm³/mol. The third-order valence-corrected chi connectivity index (χ3v) is 11.8. The van der Waals surface area contributed by atoms with Crippen LogP contribution in [0.5, 0.6) is 17.2 Å². The molecule has 2 aliphatic carbocycles. The van der Waals surface area contributed by atoms with Crippen LogP contribution < -0.4 is 9.47 Å². The highest BCUT2D eigenvalue weighted by Crippen LogP contribution is 2.62. The minimum atomic E-state index is -6.33. The molecule has 6 unspecified atom stereocenters. The van der Waals surface area contributed by atoms with Crippen molar-refractivity contribution in [2.45, 2.75) is 49.4 Å². The van der Waals surface area contributed by atoms with Gasteiger partial charge in [0.05, 0.1) is 26.5 Å². The molecule has 43 heavy (non-hydrogen) atoms. The minimum absolute atomic E-state index is 0.120. The Balaban J connectivity index is 1.33. The average molecular weight is 1080 g/mol. The van der Waals surface area contributed by atoms with Crippen molar-refractivity contribution in [1.29, 1.82) is 0 Å². The van der Waals surface area contributed by atoms with Gasteiger partial charge in [-0.3, -0.25) is 4.55 Å². The highest BCUT2D eigenvalue weighted by molar-refractivity contribution is 14.1. The van der Waals surface area contributed by atoms with E-state index in [1.54, 1.807) is 31.2 Å². The van der Waals surface area contributed by atoms with E-state index in [0.717, 1.165) is 0 Å². The van der Waals surface area contributed by atoms with Crippen LogP contribution in [0.25, 0.3) is 0 Å². The summed E-state index contributed by atoms with van der Waals surface area (Å²) in [6.45, 7) is 5.14. The zero-order valence-electron chi connectivity index (χ0n) is 21.6. The van der Waals surface area contributed by atoms with Gasteiger partial charge in [0.1, 0.15) is 5.75 Å². The van der Waals surface area contributed by atoms with E-state index in [1.807, 2.05) is 45.2 Å². The van der Waals surface area contributed by atoms with Gasteiger partial charge in [-0.05, 0) is 146 Å². The Hall–Kier alpha value is -0.0800. The van der Waals surface area contributed by atoms with Crippen LogP contribution in [0.4, 0.5) is 17.6 Å². The molecule has 3 fully saturated rings. The summed E-state index contributed by atoms with van der Waals surface area (Å²) < 4.78 is 115. The lowest BCUT2D eigenvalue weighted by Crippen LogP contribution is -2.55. The fourth-order valence-corrected chi connectivity index (χ4v) is 10.2. The first-order chi connectivity index (χ1) is 19.8. The Kier molecular flexibility index (Phi) is 9.70. The third-order valence-electron chi connectivity index (χ3n) is 7.63. The smallest absolute Gasteiger partial charge is 0.431 e. The van der Waals surface area contributed by atoms with Gasteiger partial charge in [0.15, 0.2) is 17.8 Å². The Morgan fingerprint density at radius 1 is 0.953 bits per heavy atom. The van der Waals surface area contributed by atoms with E-state index >= 15 is 0 Å². The van der Waals surface area contributed by atoms with Crippen LogP contribution in [-0.4, -0.2) is 42.3 Å². The number of halogens is 8. The SMILES string of the molecule is C=C(C)C(=O)Oc1c(I)cc(Oc2c(I)cc(C3OC4C5CC(C4O3)C(C(F)(F)C(F)(F)S(=O)(=O)O)C5)cc2I)cc1I. The monoisotopic (exact) mass is 1080 g/mol. The Labute approximate surface area is 298 Å². The lowest BCUT2D eigenvalue weighted by Gasteiger charge is -2.36. The maximum Gasteiger partial charge on any atom is 0.431 e. The van der Waals surface area contributed by atoms with Crippen LogP contribution in [0.3, 0.4) is 0 Å². The number of ether oxygens (including phenoxy) is 4. The lowest BCUT2D eigenvalue weighted by atomic mass is 9.81. The van der Waals surface area contributed by atoms with Crippen molar-refractivity contribution < 1.29 is 54.3 Å². The number of hydrogen-bond donors (Lipinski definition) is 1. The molecule has 2 aromatic carbocycles. The number of rotatable bonds is 8. The number of esters is 1. The number of carbonyl (C=O) groups excluding carboxylic acids is 1. The van der Waals surface area contributed by atoms with Gasteiger partial charge in [-0.2, -0.15) is 26.0 Å². The number of carbonyl (C=O) groups is 1. The largest absolute Gasteiger partial charge is 0.455 e. The van der Waals surface area contributed by atoms with Gasteiger partial charge in [-0.1, -0.05) is 6.58 Å². The third kappa shape index (κ3) is 6.19. The summed E-state index contributed by atoms with van der Waals surface area (Å²) in [5, 5.41) is -5.63. The van der Waals surface area contributed by atoms with E-state index in [2.05, 4.69) is 51.8 Å². The molecular weight excluding hydrogens is 1060 g/mol. The van der Waals surface area contributed by atoms with Crippen molar-refractivity contribution in [3.8, 4) is 17.2 Å². The van der Waals surface area contributed by atoms with E-state index < -0.39 is 63.5 Å². The van der Waals surface area contributed by atoms with Gasteiger partial charge < -0.3 is 18.9 Å². The molecule has 3 aliphatic rings. The molecule has 2 saturated carbocycles. The first-order valence-corrected chi connectivity index (χ1v) is 18.2. The molecule has 17 heteroatoms. The van der Waals surface area contributed by atoms with E-state index in [-0.39, 0.29) is 18.4 Å². The Morgan fingerprint density at radius 3 is 2.02 bits per heavy atom. The summed E-state index contributed by atoms with van der Waals surface area (Å²) in [5.74, 6) is -7.75. The maximum absolute atomic E-state index is 14.8.